The van der Waals surface area contributed by atoms with Crippen molar-refractivity contribution in [2.45, 2.75) is 40.8 Å². The van der Waals surface area contributed by atoms with Crippen LogP contribution in [0, 0.1) is 10.8 Å². The molecule has 3 nitrogen and oxygen atoms in total. The van der Waals surface area contributed by atoms with Crippen molar-refractivity contribution >= 4 is 17.5 Å². The number of nitrogens with zero attached hydrogens (tertiary/aromatic N) is 1. The van der Waals surface area contributed by atoms with Gasteiger partial charge in [0.15, 0.2) is 6.23 Å². The third-order valence-electron chi connectivity index (χ3n) is 3.49. The number of hydrogen-bond donors (Lipinski definition) is 0. The van der Waals surface area contributed by atoms with Crippen LogP contribution < -0.4 is 0 Å². The highest BCUT2D eigenvalue weighted by Crippen LogP contribution is 2.51. The smallest absolute Gasteiger partial charge is 0.241 e. The van der Waals surface area contributed by atoms with Crippen molar-refractivity contribution in [1.29, 1.82) is 0 Å². The van der Waals surface area contributed by atoms with Crippen LogP contribution in [0.1, 0.15) is 34.6 Å². The van der Waals surface area contributed by atoms with Gasteiger partial charge < -0.3 is 4.74 Å². The van der Waals surface area contributed by atoms with Crippen LogP contribution in [0.5, 0.6) is 0 Å². The lowest BCUT2D eigenvalue weighted by Crippen LogP contribution is -2.63. The van der Waals surface area contributed by atoms with Gasteiger partial charge in [0, 0.05) is 11.3 Å². The Bertz CT molecular complexity index is 384. The second-order valence-corrected chi connectivity index (χ2v) is 6.07. The van der Waals surface area contributed by atoms with Crippen LogP contribution in [0.25, 0.3) is 0 Å². The number of rotatable bonds is 2. The summed E-state index contributed by atoms with van der Waals surface area (Å²) in [4.78, 5) is 13.7. The molecule has 4 heteroatoms. The number of ether oxygens (including phenoxy) is 1. The fourth-order valence-corrected chi connectivity index (χ4v) is 2.45. The van der Waals surface area contributed by atoms with Crippen LogP contribution in [0.3, 0.4) is 0 Å². The van der Waals surface area contributed by atoms with Crippen molar-refractivity contribution in [2.24, 2.45) is 10.8 Å². The summed E-state index contributed by atoms with van der Waals surface area (Å²) in [5, 5.41) is 0. The molecule has 0 aromatic carbocycles. The van der Waals surface area contributed by atoms with E-state index in [2.05, 4.69) is 0 Å². The molecule has 1 amide bonds. The Balaban J connectivity index is 2.33. The minimum Gasteiger partial charge on any atom is -0.471 e. The number of halogens is 1. The Morgan fingerprint density at radius 3 is 2.50 bits per heavy atom. The molecular formula is C12H18ClNO2. The first-order chi connectivity index (χ1) is 7.23. The molecule has 1 atom stereocenters. The minimum absolute atomic E-state index is 0.135. The zero-order chi connectivity index (χ0) is 12.3. The number of hydrogen-bond acceptors (Lipinski definition) is 2. The zero-order valence-electron chi connectivity index (χ0n) is 10.4. The zero-order valence-corrected chi connectivity index (χ0v) is 11.2. The standard InChI is InChI=1S/C12H18ClNO2/c1-7-8(11(2,3)6-13)16-10-12(4,5)9(15)14(7)10/h10H,6H2,1-5H3. The minimum atomic E-state index is -0.411. The first kappa shape index (κ1) is 11.8. The maximum atomic E-state index is 11.9. The van der Waals surface area contributed by atoms with Crippen LogP contribution in [-0.2, 0) is 9.53 Å². The molecule has 1 saturated heterocycles. The van der Waals surface area contributed by atoms with Gasteiger partial charge in [0.2, 0.25) is 5.91 Å². The number of carbonyl (C=O) groups excluding carboxylic acids is 1. The summed E-state index contributed by atoms with van der Waals surface area (Å²) >= 11 is 5.94. The fourth-order valence-electron chi connectivity index (χ4n) is 2.32. The summed E-state index contributed by atoms with van der Waals surface area (Å²) in [7, 11) is 0. The lowest BCUT2D eigenvalue weighted by atomic mass is 9.80. The third-order valence-corrected chi connectivity index (χ3v) is 4.16. The SMILES string of the molecule is CC1=C(C(C)(C)CCl)OC2N1C(=O)C2(C)C. The summed E-state index contributed by atoms with van der Waals surface area (Å²) < 4.78 is 5.91. The molecule has 2 aliphatic rings. The monoisotopic (exact) mass is 243 g/mol. The Kier molecular flexibility index (Phi) is 2.32. The van der Waals surface area contributed by atoms with Crippen molar-refractivity contribution in [1.82, 2.24) is 4.90 Å². The van der Waals surface area contributed by atoms with Gasteiger partial charge in [-0.05, 0) is 20.8 Å². The van der Waals surface area contributed by atoms with E-state index >= 15 is 0 Å². The number of alkyl halides is 1. The van der Waals surface area contributed by atoms with Gasteiger partial charge in [-0.15, -0.1) is 11.6 Å². The van der Waals surface area contributed by atoms with E-state index in [0.717, 1.165) is 11.5 Å². The average molecular weight is 244 g/mol. The van der Waals surface area contributed by atoms with Crippen LogP contribution in [0.15, 0.2) is 11.5 Å². The predicted molar refractivity (Wildman–Crippen MR) is 62.7 cm³/mol. The summed E-state index contributed by atoms with van der Waals surface area (Å²) in [5.74, 6) is 1.47. The van der Waals surface area contributed by atoms with E-state index in [1.807, 2.05) is 34.6 Å². The lowest BCUT2D eigenvalue weighted by molar-refractivity contribution is -0.187. The van der Waals surface area contributed by atoms with Crippen LogP contribution >= 0.6 is 11.6 Å². The molecule has 0 spiro atoms. The van der Waals surface area contributed by atoms with Crippen molar-refractivity contribution in [3.8, 4) is 0 Å². The molecule has 0 aliphatic carbocycles. The Morgan fingerprint density at radius 1 is 1.50 bits per heavy atom. The number of amides is 1. The fraction of sp³-hybridized carbons (Fsp3) is 0.750. The molecule has 2 heterocycles. The highest BCUT2D eigenvalue weighted by molar-refractivity contribution is 6.18. The van der Waals surface area contributed by atoms with Crippen LogP contribution in [-0.4, -0.2) is 22.9 Å². The summed E-state index contributed by atoms with van der Waals surface area (Å²) in [6.07, 6.45) is -0.141. The molecule has 1 unspecified atom stereocenters. The first-order valence-electron chi connectivity index (χ1n) is 5.51. The number of allylic oxidation sites excluding steroid dienone is 2. The second-order valence-electron chi connectivity index (χ2n) is 5.80. The van der Waals surface area contributed by atoms with Gasteiger partial charge in [0.05, 0.1) is 5.70 Å². The van der Waals surface area contributed by atoms with E-state index in [9.17, 15) is 4.79 Å². The Labute approximate surface area is 101 Å². The highest BCUT2D eigenvalue weighted by atomic mass is 35.5. The summed E-state index contributed by atoms with van der Waals surface area (Å²) in [6, 6.07) is 0. The van der Waals surface area contributed by atoms with Crippen molar-refractivity contribution in [2.75, 3.05) is 5.88 Å². The molecular weight excluding hydrogens is 226 g/mol. The molecule has 2 rings (SSSR count). The van der Waals surface area contributed by atoms with Gasteiger partial charge in [-0.3, -0.25) is 9.69 Å². The van der Waals surface area contributed by atoms with Gasteiger partial charge >= 0.3 is 0 Å². The molecule has 0 N–H and O–H groups in total. The normalized spacial score (nSPS) is 27.8. The molecule has 16 heavy (non-hydrogen) atoms. The Morgan fingerprint density at radius 2 is 2.06 bits per heavy atom. The van der Waals surface area contributed by atoms with Gasteiger partial charge in [-0.2, -0.15) is 0 Å². The third kappa shape index (κ3) is 1.24. The predicted octanol–water partition coefficient (Wildman–Crippen LogP) is 2.71. The van der Waals surface area contributed by atoms with Gasteiger partial charge in [0.25, 0.3) is 0 Å². The van der Waals surface area contributed by atoms with Crippen molar-refractivity contribution < 1.29 is 9.53 Å². The molecule has 2 aliphatic heterocycles. The topological polar surface area (TPSA) is 29.5 Å². The quantitative estimate of drug-likeness (QED) is 0.551. The van der Waals surface area contributed by atoms with Crippen LogP contribution in [0.2, 0.25) is 0 Å². The molecule has 0 aromatic heterocycles. The van der Waals surface area contributed by atoms with Crippen molar-refractivity contribution in [3.05, 3.63) is 11.5 Å². The molecule has 0 aromatic rings. The van der Waals surface area contributed by atoms with E-state index < -0.39 is 5.41 Å². The number of fused-ring (bicyclic) bond motifs is 1. The maximum absolute atomic E-state index is 11.9. The van der Waals surface area contributed by atoms with Gasteiger partial charge in [0.1, 0.15) is 11.2 Å². The number of β-lactam (4-membered cyclic amide) rings is 1. The van der Waals surface area contributed by atoms with E-state index in [0.29, 0.717) is 5.88 Å². The Hall–Kier alpha value is -0.700. The van der Waals surface area contributed by atoms with Crippen LogP contribution in [0.4, 0.5) is 0 Å². The molecule has 0 saturated carbocycles. The lowest BCUT2D eigenvalue weighted by Gasteiger charge is -2.47. The summed E-state index contributed by atoms with van der Waals surface area (Å²) in [6.45, 7) is 9.82. The van der Waals surface area contributed by atoms with E-state index in [1.54, 1.807) is 4.90 Å². The maximum Gasteiger partial charge on any atom is 0.241 e. The van der Waals surface area contributed by atoms with E-state index in [-0.39, 0.29) is 17.6 Å². The average Bonchev–Trinajstić information content (AvgIpc) is 2.54. The van der Waals surface area contributed by atoms with Gasteiger partial charge in [-0.25, -0.2) is 0 Å². The van der Waals surface area contributed by atoms with Gasteiger partial charge in [-0.1, -0.05) is 13.8 Å². The molecule has 90 valence electrons. The number of carbonyl (C=O) groups is 1. The molecule has 1 fully saturated rings. The van der Waals surface area contributed by atoms with E-state index in [4.69, 9.17) is 16.3 Å². The van der Waals surface area contributed by atoms with Crippen molar-refractivity contribution in [3.63, 3.8) is 0 Å². The highest BCUT2D eigenvalue weighted by Gasteiger charge is 2.61. The second kappa shape index (κ2) is 3.16. The first-order valence-corrected chi connectivity index (χ1v) is 6.04. The largest absolute Gasteiger partial charge is 0.471 e. The molecule has 0 bridgehead atoms. The molecule has 0 radical (unpaired) electrons. The summed E-state index contributed by atoms with van der Waals surface area (Å²) in [5.41, 5.74) is 0.282. The van der Waals surface area contributed by atoms with E-state index in [1.165, 1.54) is 0 Å².